The zero-order valence-electron chi connectivity index (χ0n) is 14.9. The summed E-state index contributed by atoms with van der Waals surface area (Å²) in [7, 11) is 0. The Kier molecular flexibility index (Phi) is 5.44. The summed E-state index contributed by atoms with van der Waals surface area (Å²) < 4.78 is 5.85. The van der Waals surface area contributed by atoms with Crippen LogP contribution in [0.5, 0.6) is 5.88 Å². The molecule has 0 aliphatic heterocycles. The van der Waals surface area contributed by atoms with Crippen LogP contribution >= 0.6 is 11.3 Å². The van der Waals surface area contributed by atoms with Crippen LogP contribution in [0, 0.1) is 0 Å². The molecule has 138 valence electrons. The molecule has 1 aliphatic carbocycles. The number of hydrogen-bond donors (Lipinski definition) is 1. The third-order valence-corrected chi connectivity index (χ3v) is 5.40. The molecule has 1 amide bonds. The summed E-state index contributed by atoms with van der Waals surface area (Å²) in [5, 5.41) is 7.03. The van der Waals surface area contributed by atoms with E-state index in [2.05, 4.69) is 20.7 Å². The van der Waals surface area contributed by atoms with E-state index in [1.165, 1.54) is 12.8 Å². The van der Waals surface area contributed by atoms with Crippen molar-refractivity contribution in [1.82, 2.24) is 15.3 Å². The first-order valence-corrected chi connectivity index (χ1v) is 10.1. The van der Waals surface area contributed by atoms with Gasteiger partial charge in [0.15, 0.2) is 0 Å². The third-order valence-electron chi connectivity index (χ3n) is 4.71. The van der Waals surface area contributed by atoms with Gasteiger partial charge < -0.3 is 10.1 Å². The molecule has 3 aromatic heterocycles. The topological polar surface area (TPSA) is 64.1 Å². The summed E-state index contributed by atoms with van der Waals surface area (Å²) >= 11 is 1.63. The highest BCUT2D eigenvalue weighted by molar-refractivity contribution is 7.08. The van der Waals surface area contributed by atoms with Crippen molar-refractivity contribution in [2.45, 2.75) is 38.3 Å². The van der Waals surface area contributed by atoms with Gasteiger partial charge in [-0.15, -0.1) is 0 Å². The van der Waals surface area contributed by atoms with Gasteiger partial charge in [-0.25, -0.2) is 4.98 Å². The quantitative estimate of drug-likeness (QED) is 0.687. The lowest BCUT2D eigenvalue weighted by molar-refractivity contribution is 0.0950. The van der Waals surface area contributed by atoms with Crippen molar-refractivity contribution in [3.05, 3.63) is 64.6 Å². The van der Waals surface area contributed by atoms with E-state index in [9.17, 15) is 4.79 Å². The molecule has 1 aliphatic rings. The van der Waals surface area contributed by atoms with Crippen LogP contribution in [0.25, 0.3) is 11.3 Å². The Morgan fingerprint density at radius 3 is 2.81 bits per heavy atom. The molecule has 4 rings (SSSR count). The van der Waals surface area contributed by atoms with Gasteiger partial charge in [-0.1, -0.05) is 6.07 Å². The zero-order valence-corrected chi connectivity index (χ0v) is 15.7. The second-order valence-electron chi connectivity index (χ2n) is 6.62. The minimum absolute atomic E-state index is 0.157. The van der Waals surface area contributed by atoms with Crippen molar-refractivity contribution in [2.75, 3.05) is 0 Å². The molecule has 0 spiro atoms. The second-order valence-corrected chi connectivity index (χ2v) is 7.40. The van der Waals surface area contributed by atoms with E-state index in [-0.39, 0.29) is 12.0 Å². The predicted octanol–water partition coefficient (Wildman–Crippen LogP) is 4.46. The van der Waals surface area contributed by atoms with Gasteiger partial charge >= 0.3 is 0 Å². The predicted molar refractivity (Wildman–Crippen MR) is 106 cm³/mol. The Balaban J connectivity index is 1.38. The second kappa shape index (κ2) is 8.31. The molecule has 1 fully saturated rings. The number of hydrogen-bond acceptors (Lipinski definition) is 5. The number of amides is 1. The lowest BCUT2D eigenvalue weighted by Gasteiger charge is -2.12. The number of pyridine rings is 2. The van der Waals surface area contributed by atoms with Gasteiger partial charge in [-0.3, -0.25) is 9.78 Å². The third kappa shape index (κ3) is 4.34. The van der Waals surface area contributed by atoms with Gasteiger partial charge in [-0.05, 0) is 54.8 Å². The van der Waals surface area contributed by atoms with Gasteiger partial charge in [0.1, 0.15) is 6.10 Å². The molecule has 0 radical (unpaired) electrons. The van der Waals surface area contributed by atoms with E-state index in [1.54, 1.807) is 35.9 Å². The highest BCUT2D eigenvalue weighted by atomic mass is 32.1. The molecule has 3 heterocycles. The summed E-state index contributed by atoms with van der Waals surface area (Å²) in [6.07, 6.45) is 8.20. The van der Waals surface area contributed by atoms with Gasteiger partial charge in [0.25, 0.3) is 5.91 Å². The van der Waals surface area contributed by atoms with Crippen LogP contribution in [0.1, 0.15) is 41.6 Å². The maximum atomic E-state index is 12.5. The van der Waals surface area contributed by atoms with Crippen LogP contribution < -0.4 is 10.1 Å². The largest absolute Gasteiger partial charge is 0.474 e. The van der Waals surface area contributed by atoms with Crippen LogP contribution in [0.2, 0.25) is 0 Å². The molecule has 1 saturated carbocycles. The van der Waals surface area contributed by atoms with Crippen molar-refractivity contribution >= 4 is 17.2 Å². The van der Waals surface area contributed by atoms with Crippen molar-refractivity contribution < 1.29 is 9.53 Å². The molecule has 0 atom stereocenters. The molecule has 0 bridgehead atoms. The molecular weight excluding hydrogens is 358 g/mol. The Bertz CT molecular complexity index is 888. The normalized spacial score (nSPS) is 14.2. The number of aromatic nitrogens is 2. The molecule has 27 heavy (non-hydrogen) atoms. The van der Waals surface area contributed by atoms with Crippen molar-refractivity contribution in [2.24, 2.45) is 0 Å². The first-order chi connectivity index (χ1) is 13.3. The van der Waals surface area contributed by atoms with Crippen molar-refractivity contribution in [3.63, 3.8) is 0 Å². The average Bonchev–Trinajstić information content (AvgIpc) is 3.41. The van der Waals surface area contributed by atoms with Crippen molar-refractivity contribution in [1.29, 1.82) is 0 Å². The van der Waals surface area contributed by atoms with Crippen LogP contribution in [0.4, 0.5) is 0 Å². The van der Waals surface area contributed by atoms with Gasteiger partial charge in [0.05, 0.1) is 11.3 Å². The Labute approximate surface area is 162 Å². The SMILES string of the molecule is O=C(NCc1cccnc1-c1ccsc1)c1ccc(OC2CCCC2)nc1. The van der Waals surface area contributed by atoms with Crippen LogP contribution in [0.3, 0.4) is 0 Å². The molecule has 6 heteroatoms. The highest BCUT2D eigenvalue weighted by Crippen LogP contribution is 2.24. The maximum absolute atomic E-state index is 12.5. The van der Waals surface area contributed by atoms with Crippen molar-refractivity contribution in [3.8, 4) is 17.1 Å². The Hall–Kier alpha value is -2.73. The summed E-state index contributed by atoms with van der Waals surface area (Å²) in [5.74, 6) is 0.431. The lowest BCUT2D eigenvalue weighted by atomic mass is 10.1. The Morgan fingerprint density at radius 1 is 1.19 bits per heavy atom. The first kappa shape index (κ1) is 17.7. The summed E-state index contributed by atoms with van der Waals surface area (Å²) in [6, 6.07) is 9.43. The number of nitrogens with one attached hydrogen (secondary N) is 1. The zero-order chi connectivity index (χ0) is 18.5. The minimum Gasteiger partial charge on any atom is -0.474 e. The number of carbonyl (C=O) groups is 1. The van der Waals surface area contributed by atoms with E-state index in [4.69, 9.17) is 4.74 Å². The maximum Gasteiger partial charge on any atom is 0.253 e. The number of carbonyl (C=O) groups excluding carboxylic acids is 1. The minimum atomic E-state index is -0.157. The monoisotopic (exact) mass is 379 g/mol. The fraction of sp³-hybridized carbons (Fsp3) is 0.286. The molecular formula is C21H21N3O2S. The fourth-order valence-corrected chi connectivity index (χ4v) is 3.92. The summed E-state index contributed by atoms with van der Waals surface area (Å²) in [6.45, 7) is 0.415. The van der Waals surface area contributed by atoms with E-state index in [1.807, 2.05) is 23.6 Å². The first-order valence-electron chi connectivity index (χ1n) is 9.17. The number of thiophene rings is 1. The lowest BCUT2D eigenvalue weighted by Crippen LogP contribution is -2.23. The average molecular weight is 379 g/mol. The molecule has 0 aromatic carbocycles. The number of rotatable bonds is 6. The summed E-state index contributed by atoms with van der Waals surface area (Å²) in [4.78, 5) is 21.2. The van der Waals surface area contributed by atoms with E-state index in [0.717, 1.165) is 29.7 Å². The molecule has 3 aromatic rings. The number of nitrogens with zero attached hydrogens (tertiary/aromatic N) is 2. The smallest absolute Gasteiger partial charge is 0.253 e. The van der Waals surface area contributed by atoms with E-state index >= 15 is 0 Å². The number of ether oxygens (including phenoxy) is 1. The van der Waals surface area contributed by atoms with Gasteiger partial charge in [-0.2, -0.15) is 11.3 Å². The van der Waals surface area contributed by atoms with E-state index < -0.39 is 0 Å². The molecule has 5 nitrogen and oxygen atoms in total. The molecule has 0 saturated heterocycles. The van der Waals surface area contributed by atoms with Crippen LogP contribution in [0.15, 0.2) is 53.5 Å². The van der Waals surface area contributed by atoms with E-state index in [0.29, 0.717) is 18.0 Å². The molecule has 1 N–H and O–H groups in total. The van der Waals surface area contributed by atoms with Gasteiger partial charge in [0, 0.05) is 35.9 Å². The highest BCUT2D eigenvalue weighted by Gasteiger charge is 2.17. The summed E-state index contributed by atoms with van der Waals surface area (Å²) in [5.41, 5.74) is 3.48. The van der Waals surface area contributed by atoms with Crippen LogP contribution in [-0.2, 0) is 6.54 Å². The standard InChI is InChI=1S/C21H21N3O2S/c25-21(16-7-8-19(23-13-16)26-18-5-1-2-6-18)24-12-15-4-3-10-22-20(15)17-9-11-27-14-17/h3-4,7-11,13-14,18H,1-2,5-6,12H2,(H,24,25). The Morgan fingerprint density at radius 2 is 2.07 bits per heavy atom. The fourth-order valence-electron chi connectivity index (χ4n) is 3.28. The van der Waals surface area contributed by atoms with Crippen LogP contribution in [-0.4, -0.2) is 22.0 Å². The van der Waals surface area contributed by atoms with Gasteiger partial charge in [0.2, 0.25) is 5.88 Å². The molecule has 0 unspecified atom stereocenters.